The number of amides is 1. The molecule has 130 valence electrons. The molecule has 0 radical (unpaired) electrons. The second kappa shape index (κ2) is 6.42. The third-order valence-corrected chi connectivity index (χ3v) is 4.89. The van der Waals surface area contributed by atoms with Crippen molar-refractivity contribution in [3.8, 4) is 5.69 Å². The smallest absolute Gasteiger partial charge is 0.226 e. The number of ketones is 1. The van der Waals surface area contributed by atoms with Gasteiger partial charge in [-0.15, -0.1) is 0 Å². The molecule has 2 heterocycles. The quantitative estimate of drug-likeness (QED) is 0.709. The molecule has 1 unspecified atom stereocenters. The van der Waals surface area contributed by atoms with E-state index in [1.54, 1.807) is 28.9 Å². The number of hydrogen-bond donors (Lipinski definition) is 1. The molecular formula is C20H16ClN3O2. The highest BCUT2D eigenvalue weighted by Crippen LogP contribution is 2.39. The minimum absolute atomic E-state index is 0.0817. The molecular weight excluding hydrogens is 350 g/mol. The number of anilines is 1. The number of nitrogens with one attached hydrogen (secondary N) is 1. The minimum atomic E-state index is -0.601. The number of Topliss-reactive ketones (excluding diaryl/α,β-unsaturated/α-hetero) is 1. The molecule has 5 nitrogen and oxygen atoms in total. The summed E-state index contributed by atoms with van der Waals surface area (Å²) in [7, 11) is 0. The van der Waals surface area contributed by atoms with Crippen LogP contribution in [0.1, 0.15) is 34.0 Å². The van der Waals surface area contributed by atoms with Crippen LogP contribution in [0.15, 0.2) is 54.6 Å². The predicted octanol–water partition coefficient (Wildman–Crippen LogP) is 4.14. The second-order valence-electron chi connectivity index (χ2n) is 6.24. The molecule has 0 fully saturated rings. The van der Waals surface area contributed by atoms with Crippen LogP contribution in [0.25, 0.3) is 5.69 Å². The van der Waals surface area contributed by atoms with Crippen LogP contribution in [0.2, 0.25) is 5.02 Å². The molecule has 2 aromatic carbocycles. The van der Waals surface area contributed by atoms with Gasteiger partial charge in [0, 0.05) is 17.5 Å². The number of hydrogen-bond acceptors (Lipinski definition) is 3. The summed E-state index contributed by atoms with van der Waals surface area (Å²) in [6, 6.07) is 16.4. The predicted molar refractivity (Wildman–Crippen MR) is 100 cm³/mol. The fourth-order valence-electron chi connectivity index (χ4n) is 3.38. The zero-order valence-corrected chi connectivity index (χ0v) is 14.8. The number of nitrogens with zero attached hydrogens (tertiary/aromatic N) is 2. The highest BCUT2D eigenvalue weighted by atomic mass is 35.5. The van der Waals surface area contributed by atoms with Crippen LogP contribution in [0.5, 0.6) is 0 Å². The average molecular weight is 366 g/mol. The van der Waals surface area contributed by atoms with Crippen LogP contribution in [-0.4, -0.2) is 21.5 Å². The van der Waals surface area contributed by atoms with Crippen LogP contribution in [0.3, 0.4) is 0 Å². The van der Waals surface area contributed by atoms with E-state index in [4.69, 9.17) is 11.6 Å². The first-order valence-corrected chi connectivity index (χ1v) is 8.67. The van der Waals surface area contributed by atoms with Crippen molar-refractivity contribution in [2.45, 2.75) is 19.3 Å². The van der Waals surface area contributed by atoms with E-state index in [1.165, 1.54) is 0 Å². The molecule has 4 rings (SSSR count). The Morgan fingerprint density at radius 2 is 1.85 bits per heavy atom. The number of carbonyl (C=O) groups excluding carboxylic acids is 2. The SMILES string of the molecule is Cc1nn(-c2ccccc2)c2c1C(C(=O)c1ccccc1Cl)CC(=O)N2. The molecule has 1 N–H and O–H groups in total. The zero-order chi connectivity index (χ0) is 18.3. The number of aryl methyl sites for hydroxylation is 1. The maximum atomic E-state index is 13.1. The standard InChI is InChI=1S/C20H16ClN3O2/c1-12-18-15(19(26)14-9-5-6-10-16(14)21)11-17(25)22-20(18)24(23-12)13-7-3-2-4-8-13/h2-10,15H,11H2,1H3,(H,22,25). The highest BCUT2D eigenvalue weighted by molar-refractivity contribution is 6.34. The number of fused-ring (bicyclic) bond motifs is 1. The van der Waals surface area contributed by atoms with E-state index in [1.807, 2.05) is 37.3 Å². The molecule has 1 aliphatic rings. The van der Waals surface area contributed by atoms with Crippen LogP contribution >= 0.6 is 11.6 Å². The van der Waals surface area contributed by atoms with E-state index in [0.717, 1.165) is 11.3 Å². The largest absolute Gasteiger partial charge is 0.310 e. The number of halogens is 1. The summed E-state index contributed by atoms with van der Waals surface area (Å²) in [5.74, 6) is -0.422. The summed E-state index contributed by atoms with van der Waals surface area (Å²) in [6.07, 6.45) is 0.0817. The first kappa shape index (κ1) is 16.5. The Labute approximate surface area is 155 Å². The number of aromatic nitrogens is 2. The van der Waals surface area contributed by atoms with Crippen LogP contribution in [-0.2, 0) is 4.79 Å². The first-order valence-electron chi connectivity index (χ1n) is 8.30. The molecule has 1 aromatic heterocycles. The molecule has 0 saturated carbocycles. The number of benzene rings is 2. The van der Waals surface area contributed by atoms with Gasteiger partial charge in [0.2, 0.25) is 5.91 Å². The minimum Gasteiger partial charge on any atom is -0.310 e. The summed E-state index contributed by atoms with van der Waals surface area (Å²) in [4.78, 5) is 25.4. The summed E-state index contributed by atoms with van der Waals surface area (Å²) < 4.78 is 1.68. The lowest BCUT2D eigenvalue weighted by Crippen LogP contribution is -2.28. The fourth-order valence-corrected chi connectivity index (χ4v) is 3.60. The summed E-state index contributed by atoms with van der Waals surface area (Å²) in [6.45, 7) is 1.85. The van der Waals surface area contributed by atoms with Crippen LogP contribution < -0.4 is 5.32 Å². The van der Waals surface area contributed by atoms with Gasteiger partial charge in [0.1, 0.15) is 5.82 Å². The van der Waals surface area contributed by atoms with E-state index >= 15 is 0 Å². The summed E-state index contributed by atoms with van der Waals surface area (Å²) in [5.41, 5.74) is 2.71. The Morgan fingerprint density at radius 3 is 2.58 bits per heavy atom. The Kier molecular flexibility index (Phi) is 4.09. The molecule has 1 atom stereocenters. The van der Waals surface area contributed by atoms with Crippen molar-refractivity contribution >= 4 is 29.1 Å². The zero-order valence-electron chi connectivity index (χ0n) is 14.1. The molecule has 3 aromatic rings. The molecule has 0 aliphatic carbocycles. The highest BCUT2D eigenvalue weighted by Gasteiger charge is 2.36. The van der Waals surface area contributed by atoms with E-state index in [0.29, 0.717) is 22.1 Å². The van der Waals surface area contributed by atoms with Gasteiger partial charge in [0.05, 0.1) is 22.3 Å². The molecule has 0 bridgehead atoms. The second-order valence-corrected chi connectivity index (χ2v) is 6.65. The van der Waals surface area contributed by atoms with Crippen molar-refractivity contribution in [3.05, 3.63) is 76.4 Å². The van der Waals surface area contributed by atoms with Gasteiger partial charge in [-0.05, 0) is 31.2 Å². The maximum absolute atomic E-state index is 13.1. The number of para-hydroxylation sites is 1. The number of carbonyl (C=O) groups is 2. The summed E-state index contributed by atoms with van der Waals surface area (Å²) in [5, 5.41) is 7.82. The van der Waals surface area contributed by atoms with Crippen molar-refractivity contribution in [1.29, 1.82) is 0 Å². The van der Waals surface area contributed by atoms with E-state index in [-0.39, 0.29) is 18.1 Å². The topological polar surface area (TPSA) is 64.0 Å². The third-order valence-electron chi connectivity index (χ3n) is 4.56. The molecule has 0 spiro atoms. The first-order chi connectivity index (χ1) is 12.6. The van der Waals surface area contributed by atoms with Gasteiger partial charge >= 0.3 is 0 Å². The van der Waals surface area contributed by atoms with Crippen molar-refractivity contribution in [1.82, 2.24) is 9.78 Å². The lowest BCUT2D eigenvalue weighted by molar-refractivity contribution is -0.116. The monoisotopic (exact) mass is 365 g/mol. The molecule has 1 amide bonds. The lowest BCUT2D eigenvalue weighted by Gasteiger charge is -2.23. The van der Waals surface area contributed by atoms with Gasteiger partial charge in [-0.2, -0.15) is 5.10 Å². The van der Waals surface area contributed by atoms with Crippen molar-refractivity contribution in [2.75, 3.05) is 5.32 Å². The van der Waals surface area contributed by atoms with Gasteiger partial charge in [0.25, 0.3) is 0 Å². The Bertz CT molecular complexity index is 1010. The average Bonchev–Trinajstić information content (AvgIpc) is 2.98. The van der Waals surface area contributed by atoms with Crippen molar-refractivity contribution < 1.29 is 9.59 Å². The fraction of sp³-hybridized carbons (Fsp3) is 0.150. The Morgan fingerprint density at radius 1 is 1.15 bits per heavy atom. The third kappa shape index (κ3) is 2.70. The van der Waals surface area contributed by atoms with Gasteiger partial charge in [-0.25, -0.2) is 4.68 Å². The Balaban J connectivity index is 1.84. The number of rotatable bonds is 3. The molecule has 1 aliphatic heterocycles. The normalized spacial score (nSPS) is 16.1. The lowest BCUT2D eigenvalue weighted by atomic mass is 9.85. The van der Waals surface area contributed by atoms with E-state index in [9.17, 15) is 9.59 Å². The van der Waals surface area contributed by atoms with Crippen LogP contribution in [0, 0.1) is 6.92 Å². The van der Waals surface area contributed by atoms with Gasteiger partial charge in [-0.1, -0.05) is 41.9 Å². The van der Waals surface area contributed by atoms with Crippen molar-refractivity contribution in [3.63, 3.8) is 0 Å². The Hall–Kier alpha value is -2.92. The van der Waals surface area contributed by atoms with E-state index in [2.05, 4.69) is 10.4 Å². The van der Waals surface area contributed by atoms with E-state index < -0.39 is 5.92 Å². The molecule has 26 heavy (non-hydrogen) atoms. The van der Waals surface area contributed by atoms with Gasteiger partial charge < -0.3 is 5.32 Å². The summed E-state index contributed by atoms with van der Waals surface area (Å²) >= 11 is 6.20. The van der Waals surface area contributed by atoms with Gasteiger partial charge in [-0.3, -0.25) is 9.59 Å². The maximum Gasteiger partial charge on any atom is 0.226 e. The van der Waals surface area contributed by atoms with Gasteiger partial charge in [0.15, 0.2) is 5.78 Å². The van der Waals surface area contributed by atoms with Crippen molar-refractivity contribution in [2.24, 2.45) is 0 Å². The van der Waals surface area contributed by atoms with Crippen LogP contribution in [0.4, 0.5) is 5.82 Å². The molecule has 0 saturated heterocycles. The molecule has 6 heteroatoms.